The molecule has 0 atom stereocenters. The van der Waals surface area contributed by atoms with E-state index in [0.717, 1.165) is 17.0 Å². The molecule has 9 heteroatoms. The third kappa shape index (κ3) is 3.23. The lowest BCUT2D eigenvalue weighted by Crippen LogP contribution is -2.16. The summed E-state index contributed by atoms with van der Waals surface area (Å²) in [5, 5.41) is 5.96. The smallest absolute Gasteiger partial charge is 0.349 e. The number of nitrogens with zero attached hydrogens (tertiary/aromatic N) is 2. The number of carbonyl (C=O) groups is 1. The van der Waals surface area contributed by atoms with Gasteiger partial charge in [-0.3, -0.25) is 4.72 Å². The van der Waals surface area contributed by atoms with Crippen molar-refractivity contribution in [1.82, 2.24) is 9.78 Å². The van der Waals surface area contributed by atoms with Crippen molar-refractivity contribution in [3.05, 3.63) is 58.0 Å². The molecular formula is C17H17N3O4S2. The SMILES string of the molecule is COC(=O)c1sccc1S(=O)(=O)Nc1c(C)nn(-c2ccccc2)c1C. The number of nitrogens with one attached hydrogen (secondary N) is 1. The Labute approximate surface area is 155 Å². The molecule has 3 aromatic rings. The Morgan fingerprint density at radius 3 is 2.54 bits per heavy atom. The molecular weight excluding hydrogens is 374 g/mol. The van der Waals surface area contributed by atoms with Crippen LogP contribution in [0.1, 0.15) is 21.1 Å². The summed E-state index contributed by atoms with van der Waals surface area (Å²) in [5.74, 6) is -0.686. The van der Waals surface area contributed by atoms with Crippen molar-refractivity contribution in [1.29, 1.82) is 0 Å². The molecule has 7 nitrogen and oxygen atoms in total. The van der Waals surface area contributed by atoms with E-state index < -0.39 is 16.0 Å². The Morgan fingerprint density at radius 1 is 1.19 bits per heavy atom. The molecule has 0 unspecified atom stereocenters. The van der Waals surface area contributed by atoms with Crippen molar-refractivity contribution >= 4 is 33.0 Å². The molecule has 0 spiro atoms. The molecule has 2 heterocycles. The third-order valence-electron chi connectivity index (χ3n) is 3.82. The number of benzene rings is 1. The van der Waals surface area contributed by atoms with Gasteiger partial charge in [-0.15, -0.1) is 11.3 Å². The number of aryl methyl sites for hydroxylation is 1. The molecule has 0 bridgehead atoms. The summed E-state index contributed by atoms with van der Waals surface area (Å²) in [5.41, 5.74) is 2.39. The summed E-state index contributed by atoms with van der Waals surface area (Å²) in [6, 6.07) is 10.8. The summed E-state index contributed by atoms with van der Waals surface area (Å²) in [6.45, 7) is 3.50. The highest BCUT2D eigenvalue weighted by atomic mass is 32.2. The van der Waals surface area contributed by atoms with E-state index in [1.165, 1.54) is 18.6 Å². The third-order valence-corrected chi connectivity index (χ3v) is 6.23. The van der Waals surface area contributed by atoms with Crippen molar-refractivity contribution in [2.45, 2.75) is 18.7 Å². The monoisotopic (exact) mass is 391 g/mol. The summed E-state index contributed by atoms with van der Waals surface area (Å²) < 4.78 is 34.5. The zero-order chi connectivity index (χ0) is 18.9. The minimum absolute atomic E-state index is 0.0331. The predicted molar refractivity (Wildman–Crippen MR) is 99.5 cm³/mol. The Kier molecular flexibility index (Phi) is 4.84. The van der Waals surface area contributed by atoms with Gasteiger partial charge in [0, 0.05) is 0 Å². The number of carbonyl (C=O) groups excluding carboxylic acids is 1. The van der Waals surface area contributed by atoms with Crippen molar-refractivity contribution in [3.63, 3.8) is 0 Å². The van der Waals surface area contributed by atoms with Crippen LogP contribution in [0.4, 0.5) is 5.69 Å². The van der Waals surface area contributed by atoms with Gasteiger partial charge in [0.05, 0.1) is 29.9 Å². The zero-order valence-electron chi connectivity index (χ0n) is 14.4. The number of para-hydroxylation sites is 1. The standard InChI is InChI=1S/C17H17N3O4S2/c1-11-15(12(2)20(18-11)13-7-5-4-6-8-13)19-26(22,23)14-9-10-25-16(14)17(21)24-3/h4-10,19H,1-3H3. The molecule has 0 aliphatic carbocycles. The van der Waals surface area contributed by atoms with Crippen LogP contribution in [0.2, 0.25) is 0 Å². The highest BCUT2D eigenvalue weighted by Gasteiger charge is 2.27. The first-order valence-corrected chi connectivity index (χ1v) is 10.0. The number of thiophene rings is 1. The number of esters is 1. The van der Waals surface area contributed by atoms with Crippen LogP contribution in [0.3, 0.4) is 0 Å². The Bertz CT molecular complexity index is 1050. The van der Waals surface area contributed by atoms with Gasteiger partial charge in [0.2, 0.25) is 0 Å². The molecule has 0 saturated carbocycles. The number of hydrogen-bond donors (Lipinski definition) is 1. The van der Waals surface area contributed by atoms with Gasteiger partial charge < -0.3 is 4.74 Å². The fraction of sp³-hybridized carbons (Fsp3) is 0.176. The molecule has 1 aromatic carbocycles. The number of methoxy groups -OCH3 is 1. The van der Waals surface area contributed by atoms with E-state index in [4.69, 9.17) is 0 Å². The first kappa shape index (κ1) is 18.2. The van der Waals surface area contributed by atoms with Crippen molar-refractivity contribution < 1.29 is 17.9 Å². The topological polar surface area (TPSA) is 90.3 Å². The lowest BCUT2D eigenvalue weighted by molar-refractivity contribution is 0.0602. The van der Waals surface area contributed by atoms with Crippen LogP contribution in [-0.4, -0.2) is 31.3 Å². The average Bonchev–Trinajstić information content (AvgIpc) is 3.23. The fourth-order valence-corrected chi connectivity index (χ4v) is 5.06. The van der Waals surface area contributed by atoms with Gasteiger partial charge in [-0.1, -0.05) is 18.2 Å². The van der Waals surface area contributed by atoms with Gasteiger partial charge in [-0.05, 0) is 37.4 Å². The number of rotatable bonds is 5. The average molecular weight is 391 g/mol. The van der Waals surface area contributed by atoms with Gasteiger partial charge >= 0.3 is 5.97 Å². The van der Waals surface area contributed by atoms with E-state index in [-0.39, 0.29) is 9.77 Å². The second kappa shape index (κ2) is 6.93. The minimum Gasteiger partial charge on any atom is -0.465 e. The summed E-state index contributed by atoms with van der Waals surface area (Å²) in [7, 11) is -2.75. The molecule has 0 aliphatic rings. The second-order valence-electron chi connectivity index (χ2n) is 5.50. The largest absolute Gasteiger partial charge is 0.465 e. The molecule has 26 heavy (non-hydrogen) atoms. The van der Waals surface area contributed by atoms with Crippen LogP contribution in [0.25, 0.3) is 5.69 Å². The van der Waals surface area contributed by atoms with Crippen molar-refractivity contribution in [3.8, 4) is 5.69 Å². The predicted octanol–water partition coefficient (Wildman–Crippen LogP) is 3.14. The number of anilines is 1. The quantitative estimate of drug-likeness (QED) is 0.675. The fourth-order valence-electron chi connectivity index (χ4n) is 2.55. The van der Waals surface area contributed by atoms with Gasteiger partial charge in [0.1, 0.15) is 9.77 Å². The molecule has 0 saturated heterocycles. The Morgan fingerprint density at radius 2 is 1.88 bits per heavy atom. The van der Waals surface area contributed by atoms with Crippen LogP contribution in [0, 0.1) is 13.8 Å². The van der Waals surface area contributed by atoms with E-state index in [1.54, 1.807) is 18.5 Å². The molecule has 1 N–H and O–H groups in total. The minimum atomic E-state index is -3.96. The maximum absolute atomic E-state index is 12.8. The van der Waals surface area contributed by atoms with E-state index in [0.29, 0.717) is 17.1 Å². The maximum Gasteiger partial charge on any atom is 0.349 e. The molecule has 3 rings (SSSR count). The van der Waals surface area contributed by atoms with Gasteiger partial charge in [-0.25, -0.2) is 17.9 Å². The van der Waals surface area contributed by atoms with Gasteiger partial charge in [0.15, 0.2) is 0 Å². The van der Waals surface area contributed by atoms with Crippen LogP contribution in [0.15, 0.2) is 46.7 Å². The highest BCUT2D eigenvalue weighted by Crippen LogP contribution is 2.29. The first-order chi connectivity index (χ1) is 12.3. The zero-order valence-corrected chi connectivity index (χ0v) is 16.0. The van der Waals surface area contributed by atoms with Crippen LogP contribution in [0.5, 0.6) is 0 Å². The normalized spacial score (nSPS) is 11.3. The Balaban J connectivity index is 2.01. The van der Waals surface area contributed by atoms with Gasteiger partial charge in [-0.2, -0.15) is 5.10 Å². The highest BCUT2D eigenvalue weighted by molar-refractivity contribution is 7.93. The molecule has 136 valence electrons. The summed E-state index contributed by atoms with van der Waals surface area (Å²) in [4.78, 5) is 11.7. The van der Waals surface area contributed by atoms with Gasteiger partial charge in [0.25, 0.3) is 10.0 Å². The van der Waals surface area contributed by atoms with Crippen LogP contribution in [-0.2, 0) is 14.8 Å². The molecule has 0 fully saturated rings. The molecule has 0 aliphatic heterocycles. The van der Waals surface area contributed by atoms with Crippen molar-refractivity contribution in [2.75, 3.05) is 11.8 Å². The summed E-state index contributed by atoms with van der Waals surface area (Å²) in [6.07, 6.45) is 0. The molecule has 2 aromatic heterocycles. The summed E-state index contributed by atoms with van der Waals surface area (Å²) >= 11 is 1.02. The van der Waals surface area contributed by atoms with E-state index >= 15 is 0 Å². The molecule has 0 radical (unpaired) electrons. The number of aromatic nitrogens is 2. The van der Waals surface area contributed by atoms with Crippen molar-refractivity contribution in [2.24, 2.45) is 0 Å². The lowest BCUT2D eigenvalue weighted by atomic mass is 10.3. The maximum atomic E-state index is 12.8. The number of ether oxygens (including phenoxy) is 1. The first-order valence-electron chi connectivity index (χ1n) is 7.65. The molecule has 0 amide bonds. The Hall–Kier alpha value is -2.65. The lowest BCUT2D eigenvalue weighted by Gasteiger charge is -2.09. The van der Waals surface area contributed by atoms with E-state index in [1.807, 2.05) is 30.3 Å². The van der Waals surface area contributed by atoms with E-state index in [9.17, 15) is 13.2 Å². The van der Waals surface area contributed by atoms with E-state index in [2.05, 4.69) is 14.6 Å². The second-order valence-corrected chi connectivity index (χ2v) is 8.07. The van der Waals surface area contributed by atoms with Crippen LogP contribution >= 0.6 is 11.3 Å². The number of hydrogen-bond acceptors (Lipinski definition) is 6. The number of sulfonamides is 1. The van der Waals surface area contributed by atoms with Crippen LogP contribution < -0.4 is 4.72 Å².